The molecule has 0 aliphatic rings. The van der Waals surface area contributed by atoms with Crippen LogP contribution in [0.25, 0.3) is 0 Å². The number of H-pyrrole nitrogens is 1. The lowest BCUT2D eigenvalue weighted by Crippen LogP contribution is -2.05. The Morgan fingerprint density at radius 1 is 0.800 bits per heavy atom. The second-order valence-electron chi connectivity index (χ2n) is 3.74. The van der Waals surface area contributed by atoms with Gasteiger partial charge in [0, 0.05) is 6.07 Å². The summed E-state index contributed by atoms with van der Waals surface area (Å²) >= 11 is 0. The summed E-state index contributed by atoms with van der Waals surface area (Å²) in [7, 11) is 0. The molecule has 3 aromatic rings. The Morgan fingerprint density at radius 2 is 1.35 bits per heavy atom. The number of nitrogens with zero attached hydrogens (tertiary/aromatic N) is 2. The molecule has 0 unspecified atom stereocenters. The van der Waals surface area contributed by atoms with Crippen molar-refractivity contribution in [2.24, 2.45) is 0 Å². The highest BCUT2D eigenvalue weighted by molar-refractivity contribution is 5.30. The van der Waals surface area contributed by atoms with Crippen LogP contribution in [0.15, 0.2) is 77.7 Å². The van der Waals surface area contributed by atoms with Crippen LogP contribution in [-0.2, 0) is 0 Å². The molecule has 0 amide bonds. The van der Waals surface area contributed by atoms with E-state index in [1.54, 1.807) is 0 Å². The molecule has 0 saturated carbocycles. The molecule has 1 aromatic heterocycles. The summed E-state index contributed by atoms with van der Waals surface area (Å²) in [4.78, 5) is 10.1. The van der Waals surface area contributed by atoms with Crippen LogP contribution in [0.5, 0.6) is 11.5 Å². The maximum absolute atomic E-state index is 10.1. The Hall–Kier alpha value is -2.95. The van der Waals surface area contributed by atoms with Crippen LogP contribution in [0.4, 0.5) is 0 Å². The Morgan fingerprint density at radius 3 is 1.70 bits per heavy atom. The highest BCUT2D eigenvalue weighted by Gasteiger charge is 1.92. The third-order valence-corrected chi connectivity index (χ3v) is 2.23. The predicted molar refractivity (Wildman–Crippen MR) is 75.6 cm³/mol. The van der Waals surface area contributed by atoms with Gasteiger partial charge in [0.15, 0.2) is 0 Å². The van der Waals surface area contributed by atoms with E-state index < -0.39 is 0 Å². The van der Waals surface area contributed by atoms with E-state index in [1.165, 1.54) is 12.3 Å². The fourth-order valence-electron chi connectivity index (χ4n) is 1.36. The van der Waals surface area contributed by atoms with Crippen LogP contribution in [0, 0.1) is 0 Å². The van der Waals surface area contributed by atoms with Crippen LogP contribution in [0.3, 0.4) is 0 Å². The normalized spacial score (nSPS) is 9.20. The van der Waals surface area contributed by atoms with Gasteiger partial charge >= 0.3 is 0 Å². The molecule has 0 aliphatic heterocycles. The van der Waals surface area contributed by atoms with E-state index in [9.17, 15) is 4.79 Å². The molecule has 1 heterocycles. The van der Waals surface area contributed by atoms with E-state index in [4.69, 9.17) is 4.74 Å². The monoisotopic (exact) mass is 267 g/mol. The summed E-state index contributed by atoms with van der Waals surface area (Å²) in [5, 5.41) is 8.65. The van der Waals surface area contributed by atoms with Crippen molar-refractivity contribution in [2.75, 3.05) is 0 Å². The smallest absolute Gasteiger partial charge is 0.267 e. The van der Waals surface area contributed by atoms with Gasteiger partial charge < -0.3 is 4.74 Å². The van der Waals surface area contributed by atoms with E-state index in [-0.39, 0.29) is 5.56 Å². The molecular formula is C15H13N3O2. The lowest BCUT2D eigenvalue weighted by Gasteiger charge is -2.03. The van der Waals surface area contributed by atoms with Crippen molar-refractivity contribution >= 4 is 0 Å². The van der Waals surface area contributed by atoms with Crippen LogP contribution in [0.2, 0.25) is 0 Å². The summed E-state index contributed by atoms with van der Waals surface area (Å²) in [6, 6.07) is 20.8. The van der Waals surface area contributed by atoms with Gasteiger partial charge in [-0.05, 0) is 24.3 Å². The van der Waals surface area contributed by atoms with Crippen molar-refractivity contribution in [1.29, 1.82) is 0 Å². The molecule has 3 rings (SSSR count). The van der Waals surface area contributed by atoms with Gasteiger partial charge in [0.25, 0.3) is 5.56 Å². The predicted octanol–water partition coefficient (Wildman–Crippen LogP) is 2.64. The van der Waals surface area contributed by atoms with Gasteiger partial charge in [-0.3, -0.25) is 4.79 Å². The number of nitrogens with one attached hydrogen (secondary N) is 1. The Labute approximate surface area is 115 Å². The average Bonchev–Trinajstić information content (AvgIpc) is 2.51. The van der Waals surface area contributed by atoms with Crippen LogP contribution < -0.4 is 10.3 Å². The topological polar surface area (TPSA) is 67.9 Å². The molecule has 100 valence electrons. The van der Waals surface area contributed by atoms with E-state index in [0.717, 1.165) is 11.5 Å². The molecule has 0 bridgehead atoms. The molecule has 0 saturated heterocycles. The molecule has 5 heteroatoms. The second kappa shape index (κ2) is 7.48. The van der Waals surface area contributed by atoms with E-state index in [0.29, 0.717) is 0 Å². The largest absolute Gasteiger partial charge is 0.457 e. The quantitative estimate of drug-likeness (QED) is 0.775. The van der Waals surface area contributed by atoms with Gasteiger partial charge in [0.1, 0.15) is 11.5 Å². The SMILES string of the molecule is O=c1ccnn[nH]1.c1ccc(Oc2ccccc2)cc1. The highest BCUT2D eigenvalue weighted by Crippen LogP contribution is 2.19. The van der Waals surface area contributed by atoms with Crippen molar-refractivity contribution in [1.82, 2.24) is 15.4 Å². The summed E-state index contributed by atoms with van der Waals surface area (Å²) in [6.07, 6.45) is 1.33. The minimum atomic E-state index is -0.227. The Kier molecular flexibility index (Phi) is 5.04. The fourth-order valence-corrected chi connectivity index (χ4v) is 1.36. The zero-order valence-electron chi connectivity index (χ0n) is 10.6. The lowest BCUT2D eigenvalue weighted by molar-refractivity contribution is 0.482. The van der Waals surface area contributed by atoms with Crippen molar-refractivity contribution in [2.45, 2.75) is 0 Å². The van der Waals surface area contributed by atoms with E-state index in [1.807, 2.05) is 60.7 Å². The lowest BCUT2D eigenvalue weighted by atomic mass is 10.3. The number of benzene rings is 2. The van der Waals surface area contributed by atoms with Crippen LogP contribution >= 0.6 is 0 Å². The maximum atomic E-state index is 10.1. The Balaban J connectivity index is 0.000000178. The van der Waals surface area contributed by atoms with Gasteiger partial charge in [-0.1, -0.05) is 41.6 Å². The zero-order chi connectivity index (χ0) is 14.0. The summed E-state index contributed by atoms with van der Waals surface area (Å²) in [6.45, 7) is 0. The average molecular weight is 267 g/mol. The summed E-state index contributed by atoms with van der Waals surface area (Å²) < 4.78 is 5.58. The van der Waals surface area contributed by atoms with Crippen molar-refractivity contribution in [3.05, 3.63) is 83.3 Å². The second-order valence-corrected chi connectivity index (χ2v) is 3.74. The number of rotatable bonds is 2. The zero-order valence-corrected chi connectivity index (χ0v) is 10.6. The van der Waals surface area contributed by atoms with Gasteiger partial charge in [0.2, 0.25) is 0 Å². The fraction of sp³-hybridized carbons (Fsp3) is 0. The standard InChI is InChI=1S/C12H10O.C3H3N3O/c1-3-7-11(8-4-1)13-12-9-5-2-6-10-12;7-3-1-2-4-6-5-3/h1-10H;1-2H,(H,4,5,7). The summed E-state index contributed by atoms with van der Waals surface area (Å²) in [5.41, 5.74) is -0.227. The van der Waals surface area contributed by atoms with Gasteiger partial charge in [-0.25, -0.2) is 5.10 Å². The number of hydrogen-bond donors (Lipinski definition) is 1. The number of aromatic amines is 1. The molecule has 5 nitrogen and oxygen atoms in total. The van der Waals surface area contributed by atoms with Crippen LogP contribution in [-0.4, -0.2) is 15.4 Å². The first kappa shape index (κ1) is 13.5. The first-order valence-electron chi connectivity index (χ1n) is 5.99. The van der Waals surface area contributed by atoms with Crippen molar-refractivity contribution in [3.63, 3.8) is 0 Å². The van der Waals surface area contributed by atoms with Crippen LogP contribution in [0.1, 0.15) is 0 Å². The van der Waals surface area contributed by atoms with Gasteiger partial charge in [-0.15, -0.1) is 5.10 Å². The molecular weight excluding hydrogens is 254 g/mol. The van der Waals surface area contributed by atoms with E-state index >= 15 is 0 Å². The highest BCUT2D eigenvalue weighted by atomic mass is 16.5. The van der Waals surface area contributed by atoms with Crippen molar-refractivity contribution in [3.8, 4) is 11.5 Å². The molecule has 1 N–H and O–H groups in total. The molecule has 0 atom stereocenters. The molecule has 0 radical (unpaired) electrons. The van der Waals surface area contributed by atoms with E-state index in [2.05, 4.69) is 15.4 Å². The maximum Gasteiger partial charge on any atom is 0.267 e. The van der Waals surface area contributed by atoms with Gasteiger partial charge in [-0.2, -0.15) is 0 Å². The molecule has 2 aromatic carbocycles. The molecule has 20 heavy (non-hydrogen) atoms. The van der Waals surface area contributed by atoms with Gasteiger partial charge in [0.05, 0.1) is 6.20 Å². The third-order valence-electron chi connectivity index (χ3n) is 2.23. The first-order chi connectivity index (χ1) is 9.84. The number of aromatic nitrogens is 3. The third kappa shape index (κ3) is 4.73. The summed E-state index contributed by atoms with van der Waals surface area (Å²) in [5.74, 6) is 1.74. The molecule has 0 fully saturated rings. The molecule has 0 aliphatic carbocycles. The molecule has 0 spiro atoms. The first-order valence-corrected chi connectivity index (χ1v) is 5.99. The number of hydrogen-bond acceptors (Lipinski definition) is 4. The number of para-hydroxylation sites is 2. The minimum Gasteiger partial charge on any atom is -0.457 e. The van der Waals surface area contributed by atoms with Crippen molar-refractivity contribution < 1.29 is 4.74 Å². The number of ether oxygens (including phenoxy) is 1. The minimum absolute atomic E-state index is 0.227. The Bertz CT molecular complexity index is 614.